The molecule has 28 heavy (non-hydrogen) atoms. The Morgan fingerprint density at radius 2 is 1.46 bits per heavy atom. The zero-order valence-electron chi connectivity index (χ0n) is 16.0. The van der Waals surface area contributed by atoms with E-state index >= 15 is 0 Å². The van der Waals surface area contributed by atoms with Gasteiger partial charge in [-0.05, 0) is 23.6 Å². The van der Waals surface area contributed by atoms with Gasteiger partial charge in [0.1, 0.15) is 12.2 Å². The first-order valence-corrected chi connectivity index (χ1v) is 9.26. The SMILES string of the molecule is COC1OC(C)C(N=[N+]=[N-])C(OCc2ccccc2)C1OCc1ccccc1. The summed E-state index contributed by atoms with van der Waals surface area (Å²) in [5.41, 5.74) is 11.1. The zero-order chi connectivity index (χ0) is 19.8. The van der Waals surface area contributed by atoms with Crippen LogP contribution in [0.5, 0.6) is 0 Å². The first-order valence-electron chi connectivity index (χ1n) is 9.26. The van der Waals surface area contributed by atoms with Crippen LogP contribution in [0.2, 0.25) is 0 Å². The molecule has 0 radical (unpaired) electrons. The molecule has 148 valence electrons. The summed E-state index contributed by atoms with van der Waals surface area (Å²) in [5.74, 6) is 0. The number of hydrogen-bond acceptors (Lipinski definition) is 5. The summed E-state index contributed by atoms with van der Waals surface area (Å²) in [6.07, 6.45) is -2.03. The van der Waals surface area contributed by atoms with Crippen molar-refractivity contribution in [1.29, 1.82) is 0 Å². The van der Waals surface area contributed by atoms with Crippen LogP contribution in [0.15, 0.2) is 65.8 Å². The molecule has 1 heterocycles. The lowest BCUT2D eigenvalue weighted by molar-refractivity contribution is -0.282. The summed E-state index contributed by atoms with van der Waals surface area (Å²) in [7, 11) is 1.57. The lowest BCUT2D eigenvalue weighted by Gasteiger charge is -2.43. The molecule has 7 nitrogen and oxygen atoms in total. The van der Waals surface area contributed by atoms with Crippen molar-refractivity contribution >= 4 is 0 Å². The predicted molar refractivity (Wildman–Crippen MR) is 104 cm³/mol. The number of rotatable bonds is 8. The summed E-state index contributed by atoms with van der Waals surface area (Å²) < 4.78 is 23.7. The van der Waals surface area contributed by atoms with Crippen LogP contribution >= 0.6 is 0 Å². The maximum Gasteiger partial charge on any atom is 0.186 e. The number of ether oxygens (including phenoxy) is 4. The third kappa shape index (κ3) is 5.10. The second-order valence-electron chi connectivity index (χ2n) is 6.66. The molecule has 5 unspecified atom stereocenters. The first kappa shape index (κ1) is 20.3. The lowest BCUT2D eigenvalue weighted by Crippen LogP contribution is -2.58. The number of azide groups is 1. The number of benzene rings is 2. The predicted octanol–water partition coefficient (Wildman–Crippen LogP) is 4.23. The van der Waals surface area contributed by atoms with Gasteiger partial charge in [0, 0.05) is 12.0 Å². The van der Waals surface area contributed by atoms with Crippen LogP contribution in [0.3, 0.4) is 0 Å². The first-order chi connectivity index (χ1) is 13.7. The third-order valence-electron chi connectivity index (χ3n) is 4.75. The van der Waals surface area contributed by atoms with E-state index in [1.54, 1.807) is 7.11 Å². The Kier molecular flexibility index (Phi) is 7.42. The molecular formula is C21H25N3O4. The van der Waals surface area contributed by atoms with Gasteiger partial charge in [0.15, 0.2) is 6.29 Å². The van der Waals surface area contributed by atoms with Gasteiger partial charge in [-0.15, -0.1) is 0 Å². The van der Waals surface area contributed by atoms with Crippen molar-refractivity contribution in [2.75, 3.05) is 7.11 Å². The second kappa shape index (κ2) is 10.2. The van der Waals surface area contributed by atoms with Crippen molar-refractivity contribution < 1.29 is 18.9 Å². The Hall–Kier alpha value is -2.41. The lowest BCUT2D eigenvalue weighted by atomic mass is 9.97. The van der Waals surface area contributed by atoms with Gasteiger partial charge in [-0.3, -0.25) is 0 Å². The fraction of sp³-hybridized carbons (Fsp3) is 0.429. The molecule has 3 rings (SSSR count). The van der Waals surface area contributed by atoms with Gasteiger partial charge < -0.3 is 18.9 Å². The molecular weight excluding hydrogens is 358 g/mol. The van der Waals surface area contributed by atoms with Crippen molar-refractivity contribution in [2.24, 2.45) is 5.11 Å². The van der Waals surface area contributed by atoms with E-state index in [1.165, 1.54) is 0 Å². The van der Waals surface area contributed by atoms with E-state index in [0.29, 0.717) is 13.2 Å². The molecule has 1 saturated heterocycles. The molecule has 7 heteroatoms. The molecule has 2 aromatic rings. The standard InChI is InChI=1S/C21H25N3O4/c1-15-18(23-24-22)19(26-13-16-9-5-3-6-10-16)20(21(25-2)28-15)27-14-17-11-7-4-8-12-17/h3-12,15,18-21H,13-14H2,1-2H3. The van der Waals surface area contributed by atoms with Crippen LogP contribution < -0.4 is 0 Å². The van der Waals surface area contributed by atoms with Gasteiger partial charge in [-0.1, -0.05) is 65.8 Å². The molecule has 0 aromatic heterocycles. The molecule has 0 saturated carbocycles. The van der Waals surface area contributed by atoms with Crippen LogP contribution in [-0.2, 0) is 32.2 Å². The second-order valence-corrected chi connectivity index (χ2v) is 6.66. The molecule has 0 amide bonds. The Morgan fingerprint density at radius 3 is 1.96 bits per heavy atom. The number of nitrogens with zero attached hydrogens (tertiary/aromatic N) is 3. The number of methoxy groups -OCH3 is 1. The Balaban J connectivity index is 1.79. The average molecular weight is 383 g/mol. The van der Waals surface area contributed by atoms with Gasteiger partial charge in [0.05, 0.1) is 25.4 Å². The molecule has 1 aliphatic rings. The quantitative estimate of drug-likeness (QED) is 0.388. The van der Waals surface area contributed by atoms with Gasteiger partial charge in [0.2, 0.25) is 0 Å². The largest absolute Gasteiger partial charge is 0.370 e. The fourth-order valence-electron chi connectivity index (χ4n) is 3.29. The summed E-state index contributed by atoms with van der Waals surface area (Å²) in [6.45, 7) is 2.59. The van der Waals surface area contributed by atoms with E-state index in [-0.39, 0.29) is 6.10 Å². The molecule has 1 aliphatic heterocycles. The maximum atomic E-state index is 9.03. The summed E-state index contributed by atoms with van der Waals surface area (Å²) in [6, 6.07) is 19.1. The highest BCUT2D eigenvalue weighted by atomic mass is 16.7. The minimum atomic E-state index is -0.621. The summed E-state index contributed by atoms with van der Waals surface area (Å²) in [5, 5.41) is 3.93. The average Bonchev–Trinajstić information content (AvgIpc) is 2.74. The Labute approximate surface area is 164 Å². The molecule has 2 aromatic carbocycles. The van der Waals surface area contributed by atoms with Crippen molar-refractivity contribution in [2.45, 2.75) is 50.8 Å². The van der Waals surface area contributed by atoms with Gasteiger partial charge in [0.25, 0.3) is 0 Å². The monoisotopic (exact) mass is 383 g/mol. The summed E-state index contributed by atoms with van der Waals surface area (Å²) in [4.78, 5) is 2.99. The molecule has 0 spiro atoms. The van der Waals surface area contributed by atoms with E-state index < -0.39 is 24.5 Å². The van der Waals surface area contributed by atoms with E-state index in [0.717, 1.165) is 11.1 Å². The van der Waals surface area contributed by atoms with Crippen molar-refractivity contribution in [3.05, 3.63) is 82.2 Å². The fourth-order valence-corrected chi connectivity index (χ4v) is 3.29. The third-order valence-corrected chi connectivity index (χ3v) is 4.75. The van der Waals surface area contributed by atoms with Crippen molar-refractivity contribution in [3.8, 4) is 0 Å². The Bertz CT molecular complexity index is 768. The smallest absolute Gasteiger partial charge is 0.186 e. The van der Waals surface area contributed by atoms with Crippen LogP contribution in [-0.4, -0.2) is 37.8 Å². The normalized spacial score (nSPS) is 27.1. The van der Waals surface area contributed by atoms with Crippen LogP contribution in [0.25, 0.3) is 10.4 Å². The van der Waals surface area contributed by atoms with Crippen LogP contribution in [0.4, 0.5) is 0 Å². The minimum Gasteiger partial charge on any atom is -0.370 e. The van der Waals surface area contributed by atoms with E-state index in [2.05, 4.69) is 10.0 Å². The maximum absolute atomic E-state index is 9.03. The van der Waals surface area contributed by atoms with E-state index in [9.17, 15) is 0 Å². The van der Waals surface area contributed by atoms with Crippen LogP contribution in [0, 0.1) is 0 Å². The molecule has 1 fully saturated rings. The highest BCUT2D eigenvalue weighted by Gasteiger charge is 2.46. The van der Waals surface area contributed by atoms with E-state index in [1.807, 2.05) is 67.6 Å². The van der Waals surface area contributed by atoms with E-state index in [4.69, 9.17) is 24.5 Å². The molecule has 0 aliphatic carbocycles. The van der Waals surface area contributed by atoms with Gasteiger partial charge >= 0.3 is 0 Å². The van der Waals surface area contributed by atoms with Gasteiger partial charge in [-0.2, -0.15) is 0 Å². The Morgan fingerprint density at radius 1 is 0.929 bits per heavy atom. The van der Waals surface area contributed by atoms with Gasteiger partial charge in [-0.25, -0.2) is 0 Å². The van der Waals surface area contributed by atoms with Crippen molar-refractivity contribution in [3.63, 3.8) is 0 Å². The number of hydrogen-bond donors (Lipinski definition) is 0. The summed E-state index contributed by atoms with van der Waals surface area (Å²) >= 11 is 0. The highest BCUT2D eigenvalue weighted by molar-refractivity contribution is 5.14. The van der Waals surface area contributed by atoms with Crippen LogP contribution in [0.1, 0.15) is 18.1 Å². The topological polar surface area (TPSA) is 85.7 Å². The molecule has 0 N–H and O–H groups in total. The zero-order valence-corrected chi connectivity index (χ0v) is 16.0. The highest BCUT2D eigenvalue weighted by Crippen LogP contribution is 2.30. The molecule has 0 bridgehead atoms. The minimum absolute atomic E-state index is 0.363. The molecule has 5 atom stereocenters. The van der Waals surface area contributed by atoms with Crippen molar-refractivity contribution in [1.82, 2.24) is 0 Å².